The van der Waals surface area contributed by atoms with Crippen LogP contribution >= 0.6 is 0 Å². The quantitative estimate of drug-likeness (QED) is 0.282. The number of phenols is 1. The van der Waals surface area contributed by atoms with Crippen molar-refractivity contribution in [1.29, 1.82) is 0 Å². The molecule has 10 heteroatoms. The van der Waals surface area contributed by atoms with E-state index in [0.717, 1.165) is 0 Å². The Morgan fingerprint density at radius 1 is 1.18 bits per heavy atom. The lowest BCUT2D eigenvalue weighted by Gasteiger charge is -2.39. The van der Waals surface area contributed by atoms with Gasteiger partial charge in [0.1, 0.15) is 24.4 Å². The molecule has 0 bridgehead atoms. The Morgan fingerprint density at radius 3 is 2.46 bits per heavy atom. The van der Waals surface area contributed by atoms with Crippen LogP contribution in [0.1, 0.15) is 23.7 Å². The molecule has 6 atom stereocenters. The molecule has 0 saturated carbocycles. The Morgan fingerprint density at radius 2 is 1.86 bits per heavy atom. The lowest BCUT2D eigenvalue weighted by atomic mass is 9.95. The van der Waals surface area contributed by atoms with E-state index < -0.39 is 60.7 Å². The topological polar surface area (TPSA) is 163 Å². The highest BCUT2D eigenvalue weighted by Gasteiger charge is 2.45. The first kappa shape index (κ1) is 22.1. The third-order valence-electron chi connectivity index (χ3n) is 4.50. The zero-order valence-corrected chi connectivity index (χ0v) is 15.4. The van der Waals surface area contributed by atoms with Gasteiger partial charge in [0, 0.05) is 5.92 Å². The second-order valence-corrected chi connectivity index (χ2v) is 6.51. The first-order valence-electron chi connectivity index (χ1n) is 8.61. The Hall–Kier alpha value is -2.24. The average molecular weight is 400 g/mol. The summed E-state index contributed by atoms with van der Waals surface area (Å²) in [5.41, 5.74) is -0.113. The number of Topliss-reactive ketones (excluding diaryl/α,β-unsaturated/α-hetero) is 1. The maximum absolute atomic E-state index is 12.5. The number of aliphatic hydroxyl groups excluding tert-OH is 4. The summed E-state index contributed by atoms with van der Waals surface area (Å²) in [6.07, 6.45) is -7.75. The van der Waals surface area contributed by atoms with E-state index in [1.165, 1.54) is 32.2 Å². The van der Waals surface area contributed by atoms with Gasteiger partial charge in [0.2, 0.25) is 6.29 Å². The van der Waals surface area contributed by atoms with Crippen LogP contribution in [0.15, 0.2) is 18.2 Å². The molecule has 10 nitrogen and oxygen atoms in total. The van der Waals surface area contributed by atoms with Gasteiger partial charge in [-0.25, -0.2) is 0 Å². The van der Waals surface area contributed by atoms with Gasteiger partial charge in [0.15, 0.2) is 17.3 Å². The predicted molar refractivity (Wildman–Crippen MR) is 92.6 cm³/mol. The summed E-state index contributed by atoms with van der Waals surface area (Å²) in [6, 6.07) is 4.06. The first-order chi connectivity index (χ1) is 13.2. The number of esters is 1. The molecule has 0 aliphatic carbocycles. The second kappa shape index (κ2) is 9.30. The van der Waals surface area contributed by atoms with Crippen molar-refractivity contribution in [2.45, 2.75) is 44.1 Å². The monoisotopic (exact) mass is 400 g/mol. The molecule has 28 heavy (non-hydrogen) atoms. The lowest BCUT2D eigenvalue weighted by molar-refractivity contribution is -0.277. The van der Waals surface area contributed by atoms with Gasteiger partial charge < -0.3 is 39.7 Å². The molecular formula is C18H24O10. The molecule has 0 radical (unpaired) electrons. The van der Waals surface area contributed by atoms with Crippen LogP contribution in [0, 0.1) is 5.92 Å². The SMILES string of the molecule is COC(=O)C[C@@H](C)C(=O)c1cccc(O[C@@H]2O[C@H](CO)[C@@H](O)[C@H](O)[C@H]2O)c1O. The number of carbonyl (C=O) groups excluding carboxylic acids is 2. The number of carbonyl (C=O) groups is 2. The van der Waals surface area contributed by atoms with Crippen molar-refractivity contribution >= 4 is 11.8 Å². The number of hydrogen-bond acceptors (Lipinski definition) is 10. The number of para-hydroxylation sites is 1. The number of ketones is 1. The number of ether oxygens (including phenoxy) is 3. The van der Waals surface area contributed by atoms with Crippen LogP contribution < -0.4 is 4.74 Å². The summed E-state index contributed by atoms with van der Waals surface area (Å²) in [4.78, 5) is 23.9. The van der Waals surface area contributed by atoms with E-state index in [1.54, 1.807) is 0 Å². The van der Waals surface area contributed by atoms with Gasteiger partial charge in [-0.1, -0.05) is 13.0 Å². The van der Waals surface area contributed by atoms with Gasteiger partial charge in [0.25, 0.3) is 0 Å². The summed E-state index contributed by atoms with van der Waals surface area (Å²) < 4.78 is 15.1. The maximum atomic E-state index is 12.5. The molecule has 0 unspecified atom stereocenters. The van der Waals surface area contributed by atoms with Crippen LogP contribution in [0.25, 0.3) is 0 Å². The zero-order valence-electron chi connectivity index (χ0n) is 15.4. The van der Waals surface area contributed by atoms with Gasteiger partial charge >= 0.3 is 5.97 Å². The normalized spacial score (nSPS) is 28.4. The molecule has 0 amide bonds. The first-order valence-corrected chi connectivity index (χ1v) is 8.61. The van der Waals surface area contributed by atoms with Gasteiger partial charge in [-0.3, -0.25) is 9.59 Å². The fourth-order valence-corrected chi connectivity index (χ4v) is 2.80. The predicted octanol–water partition coefficient (Wildman–Crippen LogP) is -1.05. The highest BCUT2D eigenvalue weighted by Crippen LogP contribution is 2.34. The van der Waals surface area contributed by atoms with E-state index in [2.05, 4.69) is 4.74 Å². The van der Waals surface area contributed by atoms with Crippen LogP contribution in [0.4, 0.5) is 0 Å². The summed E-state index contributed by atoms with van der Waals surface area (Å²) >= 11 is 0. The number of phenolic OH excluding ortho intramolecular Hbond substituents is 1. The third kappa shape index (κ3) is 4.59. The van der Waals surface area contributed by atoms with Gasteiger partial charge in [-0.2, -0.15) is 0 Å². The highest BCUT2D eigenvalue weighted by molar-refractivity contribution is 6.02. The molecule has 1 fully saturated rings. The van der Waals surface area contributed by atoms with Crippen LogP contribution in [0.3, 0.4) is 0 Å². The maximum Gasteiger partial charge on any atom is 0.306 e. The van der Waals surface area contributed by atoms with E-state index in [-0.39, 0.29) is 17.7 Å². The molecular weight excluding hydrogens is 376 g/mol. The van der Waals surface area contributed by atoms with E-state index in [0.29, 0.717) is 0 Å². The molecule has 2 rings (SSSR count). The lowest BCUT2D eigenvalue weighted by Crippen LogP contribution is -2.60. The minimum atomic E-state index is -1.67. The largest absolute Gasteiger partial charge is 0.504 e. The van der Waals surface area contributed by atoms with Crippen molar-refractivity contribution in [3.8, 4) is 11.5 Å². The molecule has 1 aromatic carbocycles. The minimum absolute atomic E-state index is 0.113. The summed E-state index contributed by atoms with van der Waals surface area (Å²) in [5.74, 6) is -2.63. The average Bonchev–Trinajstić information content (AvgIpc) is 2.68. The Bertz CT molecular complexity index is 704. The van der Waals surface area contributed by atoms with Crippen molar-refractivity contribution in [2.75, 3.05) is 13.7 Å². The van der Waals surface area contributed by atoms with E-state index >= 15 is 0 Å². The molecule has 1 aliphatic rings. The standard InChI is InChI=1S/C18H24O10/c1-8(6-12(20)26-2)13(21)9-4-3-5-10(14(9)22)27-18-17(25)16(24)15(23)11(7-19)28-18/h3-5,8,11,15-19,22-25H,6-7H2,1-2H3/t8-,11-,15-,16+,17-,18-/m1/s1. The third-order valence-corrected chi connectivity index (χ3v) is 4.50. The van der Waals surface area contributed by atoms with Crippen molar-refractivity contribution in [3.05, 3.63) is 23.8 Å². The number of methoxy groups -OCH3 is 1. The molecule has 1 saturated heterocycles. The smallest absolute Gasteiger partial charge is 0.306 e. The van der Waals surface area contributed by atoms with Crippen molar-refractivity contribution in [2.24, 2.45) is 5.92 Å². The minimum Gasteiger partial charge on any atom is -0.504 e. The van der Waals surface area contributed by atoms with Crippen LogP contribution in [0.5, 0.6) is 11.5 Å². The van der Waals surface area contributed by atoms with Crippen LogP contribution in [0.2, 0.25) is 0 Å². The van der Waals surface area contributed by atoms with Crippen LogP contribution in [-0.2, 0) is 14.3 Å². The number of aliphatic hydroxyl groups is 4. The zero-order chi connectivity index (χ0) is 21.0. The fraction of sp³-hybridized carbons (Fsp3) is 0.556. The van der Waals surface area contributed by atoms with E-state index in [4.69, 9.17) is 9.47 Å². The molecule has 0 spiro atoms. The van der Waals surface area contributed by atoms with Gasteiger partial charge in [0.05, 0.1) is 25.7 Å². The number of benzene rings is 1. The van der Waals surface area contributed by atoms with Crippen molar-refractivity contribution in [3.63, 3.8) is 0 Å². The summed E-state index contributed by atoms with van der Waals surface area (Å²) in [5, 5.41) is 49.2. The van der Waals surface area contributed by atoms with E-state index in [9.17, 15) is 35.1 Å². The summed E-state index contributed by atoms with van der Waals surface area (Å²) in [7, 11) is 1.20. The highest BCUT2D eigenvalue weighted by atomic mass is 16.7. The fourth-order valence-electron chi connectivity index (χ4n) is 2.80. The number of hydrogen-bond donors (Lipinski definition) is 5. The molecule has 1 aliphatic heterocycles. The Kier molecular flexibility index (Phi) is 7.33. The van der Waals surface area contributed by atoms with Crippen molar-refractivity contribution < 1.29 is 49.3 Å². The van der Waals surface area contributed by atoms with Crippen LogP contribution in [-0.4, -0.2) is 81.7 Å². The Balaban J connectivity index is 2.20. The molecule has 156 valence electrons. The summed E-state index contributed by atoms with van der Waals surface area (Å²) in [6.45, 7) is 0.865. The number of rotatable bonds is 7. The van der Waals surface area contributed by atoms with Gasteiger partial charge in [-0.05, 0) is 12.1 Å². The molecule has 5 N–H and O–H groups in total. The van der Waals surface area contributed by atoms with E-state index in [1.807, 2.05) is 0 Å². The molecule has 0 aromatic heterocycles. The second-order valence-electron chi connectivity index (χ2n) is 6.51. The Labute approximate surface area is 160 Å². The number of aromatic hydroxyl groups is 1. The van der Waals surface area contributed by atoms with Gasteiger partial charge in [-0.15, -0.1) is 0 Å². The molecule has 1 aromatic rings. The molecule has 1 heterocycles. The van der Waals surface area contributed by atoms with Crippen molar-refractivity contribution in [1.82, 2.24) is 0 Å².